The van der Waals surface area contributed by atoms with Crippen LogP contribution in [0, 0.1) is 12.8 Å². The van der Waals surface area contributed by atoms with Crippen molar-refractivity contribution in [2.45, 2.75) is 39.7 Å². The fraction of sp³-hybridized carbons (Fsp3) is 0.524. The van der Waals surface area contributed by atoms with Gasteiger partial charge in [-0.15, -0.1) is 0 Å². The van der Waals surface area contributed by atoms with Gasteiger partial charge in [0.15, 0.2) is 11.5 Å². The maximum atomic E-state index is 12.6. The first kappa shape index (κ1) is 19.3. The van der Waals surface area contributed by atoms with Gasteiger partial charge in [0.2, 0.25) is 5.91 Å². The lowest BCUT2D eigenvalue weighted by Gasteiger charge is -2.30. The highest BCUT2D eigenvalue weighted by molar-refractivity contribution is 5.76. The monoisotopic (exact) mass is 371 g/mol. The molecule has 0 aliphatic carbocycles. The summed E-state index contributed by atoms with van der Waals surface area (Å²) in [6.07, 6.45) is 6.35. The maximum Gasteiger partial charge on any atom is 0.224 e. The van der Waals surface area contributed by atoms with Gasteiger partial charge in [-0.25, -0.2) is 4.98 Å². The number of imidazole rings is 1. The van der Waals surface area contributed by atoms with Crippen LogP contribution in [-0.2, 0) is 11.3 Å². The summed E-state index contributed by atoms with van der Waals surface area (Å²) >= 11 is 0. The third-order valence-electron chi connectivity index (χ3n) is 5.28. The smallest absolute Gasteiger partial charge is 0.224 e. The normalized spacial score (nSPS) is 15.0. The third-order valence-corrected chi connectivity index (χ3v) is 5.28. The molecule has 1 fully saturated rings. The van der Waals surface area contributed by atoms with Crippen molar-refractivity contribution in [2.24, 2.45) is 5.92 Å². The Balaban J connectivity index is 1.77. The highest BCUT2D eigenvalue weighted by Crippen LogP contribution is 2.38. The predicted octanol–water partition coefficient (Wildman–Crippen LogP) is 3.52. The zero-order valence-corrected chi connectivity index (χ0v) is 16.7. The highest BCUT2D eigenvalue weighted by atomic mass is 16.5. The average molecular weight is 371 g/mol. The Morgan fingerprint density at radius 3 is 2.63 bits per heavy atom. The molecule has 1 aromatic carbocycles. The van der Waals surface area contributed by atoms with Crippen LogP contribution in [0.15, 0.2) is 24.5 Å². The van der Waals surface area contributed by atoms with E-state index in [1.807, 2.05) is 34.7 Å². The largest absolute Gasteiger partial charge is 0.493 e. The molecule has 1 aromatic heterocycles. The molecule has 3 rings (SSSR count). The lowest BCUT2D eigenvalue weighted by molar-refractivity contribution is -0.132. The number of ether oxygens (including phenoxy) is 2. The van der Waals surface area contributed by atoms with E-state index in [0.717, 1.165) is 48.8 Å². The molecule has 0 spiro atoms. The van der Waals surface area contributed by atoms with Crippen LogP contribution in [0.25, 0.3) is 11.4 Å². The van der Waals surface area contributed by atoms with E-state index in [1.165, 1.54) is 0 Å². The van der Waals surface area contributed by atoms with Crippen molar-refractivity contribution in [3.8, 4) is 22.9 Å². The summed E-state index contributed by atoms with van der Waals surface area (Å²) in [6, 6.07) is 3.98. The molecule has 1 aliphatic rings. The van der Waals surface area contributed by atoms with Crippen molar-refractivity contribution in [3.63, 3.8) is 0 Å². The molecule has 6 nitrogen and oxygen atoms in total. The van der Waals surface area contributed by atoms with Crippen molar-refractivity contribution in [1.29, 1.82) is 0 Å². The molecule has 0 saturated carbocycles. The first-order valence-corrected chi connectivity index (χ1v) is 9.55. The number of benzene rings is 1. The van der Waals surface area contributed by atoms with Gasteiger partial charge in [-0.05, 0) is 43.4 Å². The van der Waals surface area contributed by atoms with Crippen LogP contribution in [0.4, 0.5) is 0 Å². The molecule has 27 heavy (non-hydrogen) atoms. The van der Waals surface area contributed by atoms with Crippen molar-refractivity contribution in [2.75, 3.05) is 27.3 Å². The van der Waals surface area contributed by atoms with E-state index in [-0.39, 0.29) is 5.91 Å². The first-order valence-electron chi connectivity index (χ1n) is 9.55. The molecule has 0 atom stereocenters. The zero-order valence-electron chi connectivity index (χ0n) is 16.7. The average Bonchev–Trinajstić information content (AvgIpc) is 3.14. The molecule has 0 N–H and O–H groups in total. The molecule has 6 heteroatoms. The molecule has 1 aliphatic heterocycles. The van der Waals surface area contributed by atoms with E-state index < -0.39 is 0 Å². The molecule has 0 radical (unpaired) electrons. The van der Waals surface area contributed by atoms with Gasteiger partial charge in [0.05, 0.1) is 19.8 Å². The Morgan fingerprint density at radius 2 is 1.96 bits per heavy atom. The Bertz CT molecular complexity index is 792. The number of rotatable bonds is 6. The van der Waals surface area contributed by atoms with E-state index in [4.69, 9.17) is 9.47 Å². The molecule has 2 heterocycles. The molecule has 146 valence electrons. The van der Waals surface area contributed by atoms with Crippen LogP contribution < -0.4 is 9.47 Å². The van der Waals surface area contributed by atoms with Crippen molar-refractivity contribution in [3.05, 3.63) is 30.1 Å². The van der Waals surface area contributed by atoms with Crippen LogP contribution in [0.3, 0.4) is 0 Å². The molecular weight excluding hydrogens is 342 g/mol. The van der Waals surface area contributed by atoms with Gasteiger partial charge in [-0.1, -0.05) is 6.92 Å². The van der Waals surface area contributed by atoms with Gasteiger partial charge in [0.1, 0.15) is 5.82 Å². The number of nitrogens with zero attached hydrogens (tertiary/aromatic N) is 3. The fourth-order valence-electron chi connectivity index (χ4n) is 3.63. The van der Waals surface area contributed by atoms with Crippen LogP contribution >= 0.6 is 0 Å². The number of aryl methyl sites for hydroxylation is 2. The third kappa shape index (κ3) is 4.26. The van der Waals surface area contributed by atoms with Gasteiger partial charge < -0.3 is 18.9 Å². The molecule has 0 bridgehead atoms. The number of carbonyl (C=O) groups is 1. The predicted molar refractivity (Wildman–Crippen MR) is 105 cm³/mol. The van der Waals surface area contributed by atoms with E-state index >= 15 is 0 Å². The minimum Gasteiger partial charge on any atom is -0.493 e. The number of carbonyl (C=O) groups excluding carboxylic acids is 1. The molecular formula is C21H29N3O3. The Morgan fingerprint density at radius 1 is 1.22 bits per heavy atom. The second kappa shape index (κ2) is 8.46. The number of aromatic nitrogens is 2. The van der Waals surface area contributed by atoms with Gasteiger partial charge in [-0.2, -0.15) is 0 Å². The Labute approximate surface area is 161 Å². The summed E-state index contributed by atoms with van der Waals surface area (Å²) in [5.41, 5.74) is 1.94. The summed E-state index contributed by atoms with van der Waals surface area (Å²) < 4.78 is 13.1. The molecule has 1 amide bonds. The summed E-state index contributed by atoms with van der Waals surface area (Å²) in [5.74, 6) is 3.06. The topological polar surface area (TPSA) is 56.6 Å². The Kier molecular flexibility index (Phi) is 6.04. The summed E-state index contributed by atoms with van der Waals surface area (Å²) in [6.45, 7) is 6.61. The molecule has 2 aromatic rings. The van der Waals surface area contributed by atoms with E-state index in [0.29, 0.717) is 24.5 Å². The van der Waals surface area contributed by atoms with Crippen molar-refractivity contribution in [1.82, 2.24) is 14.5 Å². The van der Waals surface area contributed by atoms with Gasteiger partial charge in [0.25, 0.3) is 0 Å². The summed E-state index contributed by atoms with van der Waals surface area (Å²) in [5, 5.41) is 0. The zero-order chi connectivity index (χ0) is 19.4. The lowest BCUT2D eigenvalue weighted by Crippen LogP contribution is -2.38. The highest BCUT2D eigenvalue weighted by Gasteiger charge is 2.21. The summed E-state index contributed by atoms with van der Waals surface area (Å²) in [7, 11) is 3.26. The van der Waals surface area contributed by atoms with Crippen molar-refractivity contribution >= 4 is 5.91 Å². The van der Waals surface area contributed by atoms with Crippen LogP contribution in [-0.4, -0.2) is 47.7 Å². The van der Waals surface area contributed by atoms with Crippen LogP contribution in [0.1, 0.15) is 31.7 Å². The van der Waals surface area contributed by atoms with Crippen LogP contribution in [0.2, 0.25) is 0 Å². The molecule has 0 unspecified atom stereocenters. The lowest BCUT2D eigenvalue weighted by atomic mass is 9.99. The standard InChI is InChI=1S/C21H29N3O3/c1-15-5-9-23(10-6-15)19(25)7-11-24-12-8-22-21(24)17-13-16(2)14-18(26-3)20(17)27-4/h8,12-15H,5-7,9-11H2,1-4H3. The summed E-state index contributed by atoms with van der Waals surface area (Å²) in [4.78, 5) is 19.1. The van der Waals surface area contributed by atoms with E-state index in [2.05, 4.69) is 11.9 Å². The van der Waals surface area contributed by atoms with Gasteiger partial charge in [-0.3, -0.25) is 4.79 Å². The van der Waals surface area contributed by atoms with E-state index in [1.54, 1.807) is 20.4 Å². The second-order valence-corrected chi connectivity index (χ2v) is 7.31. The number of amides is 1. The van der Waals surface area contributed by atoms with E-state index in [9.17, 15) is 4.79 Å². The molecule has 1 saturated heterocycles. The minimum atomic E-state index is 0.218. The fourth-order valence-corrected chi connectivity index (χ4v) is 3.63. The number of piperidine rings is 1. The number of likely N-dealkylation sites (tertiary alicyclic amines) is 1. The maximum absolute atomic E-state index is 12.6. The number of methoxy groups -OCH3 is 2. The second-order valence-electron chi connectivity index (χ2n) is 7.31. The van der Waals surface area contributed by atoms with Crippen molar-refractivity contribution < 1.29 is 14.3 Å². The number of hydrogen-bond acceptors (Lipinski definition) is 4. The minimum absolute atomic E-state index is 0.218. The number of hydrogen-bond donors (Lipinski definition) is 0. The Hall–Kier alpha value is -2.50. The SMILES string of the molecule is COc1cc(C)cc(-c2nccn2CCC(=O)N2CCC(C)CC2)c1OC. The van der Waals surface area contributed by atoms with Gasteiger partial charge in [0, 0.05) is 38.4 Å². The quantitative estimate of drug-likeness (QED) is 0.780. The first-order chi connectivity index (χ1) is 13.0. The van der Waals surface area contributed by atoms with Crippen LogP contribution in [0.5, 0.6) is 11.5 Å². The van der Waals surface area contributed by atoms with Gasteiger partial charge >= 0.3 is 0 Å².